The lowest BCUT2D eigenvalue weighted by atomic mass is 9.65. The van der Waals surface area contributed by atoms with E-state index in [2.05, 4.69) is 0 Å². The third-order valence-corrected chi connectivity index (χ3v) is 7.11. The van der Waals surface area contributed by atoms with Gasteiger partial charge in [-0.1, -0.05) is 6.92 Å². The highest BCUT2D eigenvalue weighted by molar-refractivity contribution is 5.85. The predicted molar refractivity (Wildman–Crippen MR) is 127 cm³/mol. The van der Waals surface area contributed by atoms with E-state index >= 15 is 0 Å². The van der Waals surface area contributed by atoms with Crippen molar-refractivity contribution in [2.75, 3.05) is 6.61 Å². The summed E-state index contributed by atoms with van der Waals surface area (Å²) >= 11 is 0. The van der Waals surface area contributed by atoms with Crippen molar-refractivity contribution in [3.63, 3.8) is 0 Å². The van der Waals surface area contributed by atoms with Crippen LogP contribution >= 0.6 is 0 Å². The van der Waals surface area contributed by atoms with Crippen LogP contribution in [0.2, 0.25) is 0 Å². The number of Topliss-reactive ketones (excluding diaryl/α,β-unsaturated/α-hetero) is 2. The maximum atomic E-state index is 13.1. The Bertz CT molecular complexity index is 850. The molecule has 36 heavy (non-hydrogen) atoms. The van der Waals surface area contributed by atoms with Gasteiger partial charge in [0.15, 0.2) is 24.6 Å². The van der Waals surface area contributed by atoms with E-state index in [0.717, 1.165) is 6.42 Å². The normalized spacial score (nSPS) is 30.9. The second kappa shape index (κ2) is 12.3. The highest BCUT2D eigenvalue weighted by atomic mass is 16.7. The summed E-state index contributed by atoms with van der Waals surface area (Å²) in [5.41, 5.74) is -1.32. The molecular formula is C26H40O10. The Hall–Kier alpha value is -2.33. The van der Waals surface area contributed by atoms with Crippen LogP contribution in [0.4, 0.5) is 0 Å². The molecule has 6 atom stereocenters. The molecule has 1 heterocycles. The molecule has 0 N–H and O–H groups in total. The quantitative estimate of drug-likeness (QED) is 0.318. The van der Waals surface area contributed by atoms with Crippen LogP contribution in [0.3, 0.4) is 0 Å². The van der Waals surface area contributed by atoms with Crippen LogP contribution in [0, 0.1) is 11.3 Å². The van der Waals surface area contributed by atoms with Gasteiger partial charge in [0.1, 0.15) is 11.6 Å². The number of hydrogen-bond donors (Lipinski definition) is 0. The van der Waals surface area contributed by atoms with Crippen LogP contribution in [0.1, 0.15) is 87.0 Å². The molecule has 0 aromatic rings. The molecule has 2 aliphatic rings. The summed E-state index contributed by atoms with van der Waals surface area (Å²) in [6, 6.07) is 0. The van der Waals surface area contributed by atoms with Gasteiger partial charge in [0.05, 0.1) is 12.2 Å². The second-order valence-electron chi connectivity index (χ2n) is 10.7. The van der Waals surface area contributed by atoms with Crippen molar-refractivity contribution < 1.29 is 47.7 Å². The minimum Gasteiger partial charge on any atom is -0.456 e. The van der Waals surface area contributed by atoms with E-state index in [-0.39, 0.29) is 24.1 Å². The van der Waals surface area contributed by atoms with Crippen molar-refractivity contribution >= 4 is 29.5 Å². The Morgan fingerprint density at radius 3 is 2.08 bits per heavy atom. The number of ketones is 2. The van der Waals surface area contributed by atoms with Gasteiger partial charge in [-0.2, -0.15) is 0 Å². The molecule has 2 rings (SSSR count). The minimum atomic E-state index is -1.18. The summed E-state index contributed by atoms with van der Waals surface area (Å²) in [7, 11) is 0. The number of esters is 3. The number of carbonyl (C=O) groups excluding carboxylic acids is 5. The van der Waals surface area contributed by atoms with Gasteiger partial charge in [-0.3, -0.25) is 19.2 Å². The first-order chi connectivity index (χ1) is 16.6. The maximum Gasteiger partial charge on any atom is 0.303 e. The van der Waals surface area contributed by atoms with Crippen molar-refractivity contribution in [1.82, 2.24) is 0 Å². The summed E-state index contributed by atoms with van der Waals surface area (Å²) < 4.78 is 28.1. The van der Waals surface area contributed by atoms with Gasteiger partial charge in [0.2, 0.25) is 0 Å². The molecule has 10 nitrogen and oxygen atoms in total. The van der Waals surface area contributed by atoms with Crippen LogP contribution in [0.5, 0.6) is 0 Å². The Kier molecular flexibility index (Phi) is 10.2. The van der Waals surface area contributed by atoms with Crippen molar-refractivity contribution in [3.8, 4) is 0 Å². The zero-order chi connectivity index (χ0) is 27.3. The lowest BCUT2D eigenvalue weighted by Crippen LogP contribution is -2.60. The molecule has 0 radical (unpaired) electrons. The zero-order valence-corrected chi connectivity index (χ0v) is 22.4. The van der Waals surface area contributed by atoms with Gasteiger partial charge in [0.25, 0.3) is 0 Å². The Morgan fingerprint density at radius 2 is 1.56 bits per heavy atom. The largest absolute Gasteiger partial charge is 0.456 e. The minimum absolute atomic E-state index is 0.118. The monoisotopic (exact) mass is 512 g/mol. The summed E-state index contributed by atoms with van der Waals surface area (Å²) in [4.78, 5) is 59.6. The molecule has 0 unspecified atom stereocenters. The fraction of sp³-hybridized carbons (Fsp3) is 0.808. The van der Waals surface area contributed by atoms with E-state index in [1.54, 1.807) is 6.92 Å². The SMILES string of the molecule is CC(=O)CCC[C@]1(C)CC[C@@H](C(C)(C)O[C@@H]2OC[C@@H](OC(C)=O)[C@H](OC(C)=O)[C@H]2OC(C)=O)CC1=O. The standard InChI is InChI=1S/C26H40O10/c1-15(27)9-8-11-26(7)12-10-19(13-21(26)31)25(5,6)36-24-23(35-18(4)30)22(34-17(3)29)20(14-32-24)33-16(2)28/h19-20,22-24H,8-14H2,1-7H3/t19-,20-,22+,23-,24+,26-/m1/s1. The van der Waals surface area contributed by atoms with E-state index < -0.39 is 53.5 Å². The molecule has 1 aliphatic carbocycles. The maximum absolute atomic E-state index is 13.1. The van der Waals surface area contributed by atoms with Crippen molar-refractivity contribution in [3.05, 3.63) is 0 Å². The molecule has 1 saturated heterocycles. The first-order valence-corrected chi connectivity index (χ1v) is 12.5. The molecule has 0 amide bonds. The molecule has 0 bridgehead atoms. The van der Waals surface area contributed by atoms with Gasteiger partial charge in [0, 0.05) is 39.0 Å². The lowest BCUT2D eigenvalue weighted by Gasteiger charge is -2.46. The molecular weight excluding hydrogens is 472 g/mol. The van der Waals surface area contributed by atoms with E-state index in [1.165, 1.54) is 20.8 Å². The summed E-state index contributed by atoms with van der Waals surface area (Å²) in [5, 5.41) is 0. The van der Waals surface area contributed by atoms with E-state index in [1.807, 2.05) is 20.8 Å². The highest BCUT2D eigenvalue weighted by Crippen LogP contribution is 2.44. The third kappa shape index (κ3) is 8.09. The van der Waals surface area contributed by atoms with Gasteiger partial charge >= 0.3 is 17.9 Å². The zero-order valence-electron chi connectivity index (χ0n) is 22.4. The Morgan fingerprint density at radius 1 is 0.972 bits per heavy atom. The number of carbonyl (C=O) groups is 5. The average molecular weight is 513 g/mol. The third-order valence-electron chi connectivity index (χ3n) is 7.11. The van der Waals surface area contributed by atoms with Crippen molar-refractivity contribution in [2.45, 2.75) is 117 Å². The topological polar surface area (TPSA) is 132 Å². The lowest BCUT2D eigenvalue weighted by molar-refractivity contribution is -0.309. The van der Waals surface area contributed by atoms with Gasteiger partial charge in [-0.25, -0.2) is 0 Å². The van der Waals surface area contributed by atoms with E-state index in [4.69, 9.17) is 23.7 Å². The molecule has 0 aromatic carbocycles. The van der Waals surface area contributed by atoms with Crippen LogP contribution < -0.4 is 0 Å². The predicted octanol–water partition coefficient (Wildman–Crippen LogP) is 3.07. The molecule has 1 aliphatic heterocycles. The Balaban J connectivity index is 2.16. The van der Waals surface area contributed by atoms with Crippen LogP contribution in [0.15, 0.2) is 0 Å². The van der Waals surface area contributed by atoms with Crippen molar-refractivity contribution in [1.29, 1.82) is 0 Å². The first kappa shape index (κ1) is 29.9. The average Bonchev–Trinajstić information content (AvgIpc) is 2.73. The molecule has 2 fully saturated rings. The molecule has 204 valence electrons. The molecule has 0 spiro atoms. The Labute approximate surface area is 212 Å². The van der Waals surface area contributed by atoms with Gasteiger partial charge < -0.3 is 28.5 Å². The number of ether oxygens (including phenoxy) is 5. The molecule has 0 aromatic heterocycles. The second-order valence-corrected chi connectivity index (χ2v) is 10.7. The summed E-state index contributed by atoms with van der Waals surface area (Å²) in [5.74, 6) is -1.78. The fourth-order valence-corrected chi connectivity index (χ4v) is 5.00. The van der Waals surface area contributed by atoms with Crippen LogP contribution in [-0.2, 0) is 47.7 Å². The summed E-state index contributed by atoms with van der Waals surface area (Å²) in [6.07, 6.45) is -0.876. The van der Waals surface area contributed by atoms with Gasteiger partial charge in [-0.05, 0) is 52.4 Å². The number of hydrogen-bond acceptors (Lipinski definition) is 10. The highest BCUT2D eigenvalue weighted by Gasteiger charge is 2.51. The first-order valence-electron chi connectivity index (χ1n) is 12.5. The van der Waals surface area contributed by atoms with E-state index in [0.29, 0.717) is 32.1 Å². The number of rotatable bonds is 10. The van der Waals surface area contributed by atoms with Crippen molar-refractivity contribution in [2.24, 2.45) is 11.3 Å². The summed E-state index contributed by atoms with van der Waals surface area (Å²) in [6.45, 7) is 10.7. The smallest absolute Gasteiger partial charge is 0.303 e. The molecule has 1 saturated carbocycles. The van der Waals surface area contributed by atoms with Crippen LogP contribution in [-0.4, -0.2) is 66.3 Å². The van der Waals surface area contributed by atoms with E-state index in [9.17, 15) is 24.0 Å². The van der Waals surface area contributed by atoms with Crippen LogP contribution in [0.25, 0.3) is 0 Å². The molecule has 10 heteroatoms. The fourth-order valence-electron chi connectivity index (χ4n) is 5.00. The van der Waals surface area contributed by atoms with Gasteiger partial charge in [-0.15, -0.1) is 0 Å².